The zero-order valence-corrected chi connectivity index (χ0v) is 16.2. The molecule has 4 aromatic heterocycles. The number of benzene rings is 1. The Morgan fingerprint density at radius 1 is 1.17 bits per heavy atom. The fraction of sp³-hybridized carbons (Fsp3) is 0.143. The lowest BCUT2D eigenvalue weighted by atomic mass is 10.2. The van der Waals surface area contributed by atoms with E-state index >= 15 is 0 Å². The average molecular weight is 401 g/mol. The Hall–Kier alpha value is -3.98. The van der Waals surface area contributed by atoms with Gasteiger partial charge in [0.25, 0.3) is 5.56 Å². The van der Waals surface area contributed by atoms with Gasteiger partial charge in [0.05, 0.1) is 23.7 Å². The first-order valence-corrected chi connectivity index (χ1v) is 9.45. The molecule has 9 nitrogen and oxygen atoms in total. The monoisotopic (exact) mass is 401 g/mol. The van der Waals surface area contributed by atoms with E-state index in [0.717, 1.165) is 33.2 Å². The van der Waals surface area contributed by atoms with Crippen molar-refractivity contribution in [2.75, 3.05) is 19.0 Å². The normalized spacial score (nSPS) is 11.4. The van der Waals surface area contributed by atoms with E-state index in [1.807, 2.05) is 30.3 Å². The Kier molecular flexibility index (Phi) is 4.49. The van der Waals surface area contributed by atoms with E-state index in [2.05, 4.69) is 30.5 Å². The molecule has 0 saturated carbocycles. The van der Waals surface area contributed by atoms with Crippen molar-refractivity contribution in [2.24, 2.45) is 0 Å². The van der Waals surface area contributed by atoms with Gasteiger partial charge >= 0.3 is 0 Å². The highest BCUT2D eigenvalue weighted by Crippen LogP contribution is 2.28. The number of rotatable bonds is 6. The number of pyridine rings is 1. The van der Waals surface area contributed by atoms with Gasteiger partial charge in [0.15, 0.2) is 0 Å². The number of nitrogens with one attached hydrogen (secondary N) is 3. The summed E-state index contributed by atoms with van der Waals surface area (Å²) in [6.07, 6.45) is 5.05. The Balaban J connectivity index is 1.49. The fourth-order valence-electron chi connectivity index (χ4n) is 3.40. The summed E-state index contributed by atoms with van der Waals surface area (Å²) < 4.78 is 6.66. The minimum Gasteiger partial charge on any atom is -0.383 e. The van der Waals surface area contributed by atoms with Gasteiger partial charge in [0.1, 0.15) is 17.8 Å². The number of hydrogen-bond acceptors (Lipinski definition) is 6. The lowest BCUT2D eigenvalue weighted by molar-refractivity contribution is 0.186. The highest BCUT2D eigenvalue weighted by Gasteiger charge is 2.11. The molecule has 1 aromatic carbocycles. The smallest absolute Gasteiger partial charge is 0.251 e. The number of hydrogen-bond donors (Lipinski definition) is 3. The van der Waals surface area contributed by atoms with Gasteiger partial charge in [0, 0.05) is 48.2 Å². The van der Waals surface area contributed by atoms with Crippen LogP contribution in [0.5, 0.6) is 0 Å². The summed E-state index contributed by atoms with van der Waals surface area (Å²) in [7, 11) is 1.61. The van der Waals surface area contributed by atoms with Gasteiger partial charge in [-0.2, -0.15) is 5.10 Å². The van der Waals surface area contributed by atoms with Crippen molar-refractivity contribution in [1.29, 1.82) is 0 Å². The number of ether oxygens (including phenoxy) is 1. The first-order valence-electron chi connectivity index (χ1n) is 9.45. The van der Waals surface area contributed by atoms with Crippen molar-refractivity contribution >= 4 is 33.4 Å². The molecule has 0 aliphatic heterocycles. The van der Waals surface area contributed by atoms with Crippen LogP contribution in [0.1, 0.15) is 0 Å². The third-order valence-electron chi connectivity index (χ3n) is 4.97. The van der Waals surface area contributed by atoms with E-state index in [4.69, 9.17) is 4.74 Å². The quantitative estimate of drug-likeness (QED) is 0.403. The third-order valence-corrected chi connectivity index (χ3v) is 4.97. The number of fused-ring (bicyclic) bond motifs is 2. The Morgan fingerprint density at radius 3 is 2.97 bits per heavy atom. The van der Waals surface area contributed by atoms with Crippen molar-refractivity contribution < 1.29 is 4.74 Å². The van der Waals surface area contributed by atoms with E-state index in [1.54, 1.807) is 30.1 Å². The molecule has 3 N–H and O–H groups in total. The molecule has 4 heterocycles. The summed E-state index contributed by atoms with van der Waals surface area (Å²) in [4.78, 5) is 24.4. The number of nitrogens with zero attached hydrogens (tertiary/aromatic N) is 4. The van der Waals surface area contributed by atoms with Crippen LogP contribution in [0.25, 0.3) is 33.2 Å². The predicted octanol–water partition coefficient (Wildman–Crippen LogP) is 3.05. The van der Waals surface area contributed by atoms with Crippen LogP contribution in [0.3, 0.4) is 0 Å². The van der Waals surface area contributed by atoms with E-state index in [9.17, 15) is 4.79 Å². The highest BCUT2D eigenvalue weighted by atomic mass is 16.5. The first kappa shape index (κ1) is 18.1. The van der Waals surface area contributed by atoms with Crippen LogP contribution in [-0.4, -0.2) is 43.4 Å². The van der Waals surface area contributed by atoms with Gasteiger partial charge < -0.3 is 19.6 Å². The van der Waals surface area contributed by atoms with Crippen LogP contribution in [0.2, 0.25) is 0 Å². The summed E-state index contributed by atoms with van der Waals surface area (Å²) in [5, 5.41) is 12.2. The first-order chi connectivity index (χ1) is 14.7. The number of H-pyrrole nitrogens is 2. The zero-order chi connectivity index (χ0) is 20.5. The summed E-state index contributed by atoms with van der Waals surface area (Å²) in [5.41, 5.74) is 4.06. The maximum absolute atomic E-state index is 12.4. The molecule has 9 heteroatoms. The molecule has 0 spiro atoms. The van der Waals surface area contributed by atoms with Crippen molar-refractivity contribution in [2.45, 2.75) is 6.54 Å². The molecule has 0 saturated heterocycles. The van der Waals surface area contributed by atoms with Crippen LogP contribution in [0.4, 0.5) is 11.5 Å². The molecule has 0 aliphatic carbocycles. The van der Waals surface area contributed by atoms with Gasteiger partial charge in [-0.05, 0) is 30.3 Å². The minimum atomic E-state index is -0.0824. The maximum atomic E-state index is 12.4. The standard InChI is InChI=1S/C21H19N7O2/c1-30-7-6-28-5-4-13(9-19(28)29)18-10-16-20(22-12-23-21(16)26-18)25-15-2-3-17-14(8-15)11-24-27-17/h2-5,8-12H,6-7H2,1H3,(H,24,27)(H2,22,23,25,26). The van der Waals surface area contributed by atoms with Gasteiger partial charge in [-0.1, -0.05) is 0 Å². The third kappa shape index (κ3) is 3.31. The summed E-state index contributed by atoms with van der Waals surface area (Å²) >= 11 is 0. The second kappa shape index (κ2) is 7.45. The molecular weight excluding hydrogens is 382 g/mol. The summed E-state index contributed by atoms with van der Waals surface area (Å²) in [6, 6.07) is 11.4. The van der Waals surface area contributed by atoms with Crippen LogP contribution in [0.15, 0.2) is 59.9 Å². The molecule has 0 atom stereocenters. The van der Waals surface area contributed by atoms with Crippen molar-refractivity contribution in [3.8, 4) is 11.3 Å². The molecule has 0 aliphatic rings. The van der Waals surface area contributed by atoms with Crippen LogP contribution in [0, 0.1) is 0 Å². The summed E-state index contributed by atoms with van der Waals surface area (Å²) in [6.45, 7) is 1.00. The van der Waals surface area contributed by atoms with E-state index in [1.165, 1.54) is 6.33 Å². The van der Waals surface area contributed by atoms with Gasteiger partial charge in [0.2, 0.25) is 0 Å². The molecule has 0 fully saturated rings. The second-order valence-electron chi connectivity index (χ2n) is 6.90. The summed E-state index contributed by atoms with van der Waals surface area (Å²) in [5.74, 6) is 0.679. The second-order valence-corrected chi connectivity index (χ2v) is 6.90. The molecule has 150 valence electrons. The zero-order valence-electron chi connectivity index (χ0n) is 16.2. The van der Waals surface area contributed by atoms with Crippen LogP contribution < -0.4 is 10.9 Å². The van der Waals surface area contributed by atoms with E-state index < -0.39 is 0 Å². The molecule has 0 unspecified atom stereocenters. The van der Waals surface area contributed by atoms with Crippen LogP contribution >= 0.6 is 0 Å². The number of aromatic nitrogens is 6. The highest BCUT2D eigenvalue weighted by molar-refractivity contribution is 5.93. The van der Waals surface area contributed by atoms with Crippen LogP contribution in [-0.2, 0) is 11.3 Å². The molecule has 0 radical (unpaired) electrons. The Morgan fingerprint density at radius 2 is 2.10 bits per heavy atom. The van der Waals surface area contributed by atoms with Gasteiger partial charge in [-0.3, -0.25) is 9.89 Å². The Labute approximate surface area is 170 Å². The largest absolute Gasteiger partial charge is 0.383 e. The molecule has 0 bridgehead atoms. The predicted molar refractivity (Wildman–Crippen MR) is 115 cm³/mol. The van der Waals surface area contributed by atoms with E-state index in [-0.39, 0.29) is 5.56 Å². The minimum absolute atomic E-state index is 0.0824. The van der Waals surface area contributed by atoms with Gasteiger partial charge in [-0.25, -0.2) is 9.97 Å². The molecular formula is C21H19N7O2. The molecule has 0 amide bonds. The lowest BCUT2D eigenvalue weighted by Crippen LogP contribution is -2.20. The number of methoxy groups -OCH3 is 1. The molecule has 30 heavy (non-hydrogen) atoms. The van der Waals surface area contributed by atoms with E-state index in [0.29, 0.717) is 24.6 Å². The lowest BCUT2D eigenvalue weighted by Gasteiger charge is -2.06. The van der Waals surface area contributed by atoms with Crippen molar-refractivity contribution in [3.05, 3.63) is 65.5 Å². The average Bonchev–Trinajstić information content (AvgIpc) is 3.40. The van der Waals surface area contributed by atoms with Crippen molar-refractivity contribution in [1.82, 2.24) is 29.7 Å². The number of anilines is 2. The Bertz CT molecular complexity index is 1400. The maximum Gasteiger partial charge on any atom is 0.251 e. The van der Waals surface area contributed by atoms with Crippen molar-refractivity contribution in [3.63, 3.8) is 0 Å². The topological polar surface area (TPSA) is 114 Å². The molecule has 5 aromatic rings. The number of aromatic amines is 2. The van der Waals surface area contributed by atoms with Gasteiger partial charge in [-0.15, -0.1) is 0 Å². The molecule has 5 rings (SSSR count). The fourth-order valence-corrected chi connectivity index (χ4v) is 3.40. The SMILES string of the molecule is COCCn1ccc(-c2cc3c(Nc4ccc5[nH]ncc5c4)ncnc3[nH]2)cc1=O.